The zero-order valence-electron chi connectivity index (χ0n) is 13.3. The molecule has 1 aliphatic rings. The Kier molecular flexibility index (Phi) is 5.02. The summed E-state index contributed by atoms with van der Waals surface area (Å²) in [5.74, 6) is -0.00390. The van der Waals surface area contributed by atoms with E-state index in [1.807, 2.05) is 31.3 Å². The third kappa shape index (κ3) is 4.39. The van der Waals surface area contributed by atoms with Crippen LogP contribution in [0.5, 0.6) is 0 Å². The number of nitrogens with zero attached hydrogens (tertiary/aromatic N) is 3. The predicted octanol–water partition coefficient (Wildman–Crippen LogP) is 1.56. The van der Waals surface area contributed by atoms with Crippen molar-refractivity contribution in [3.8, 4) is 0 Å². The third-order valence-electron chi connectivity index (χ3n) is 4.07. The number of hydrogen-bond donors (Lipinski definition) is 1. The molecule has 2 heterocycles. The standard InChI is InChI=1S/C17H22N4O2/c1-13-7-8-21-10-16(19-20-21)12-23-11-15(18-17(13)22)9-14-5-3-2-4-6-14/h2-6,10,13,15H,7-9,11-12H2,1H3,(H,18,22)/t13-,15-/m1/s1. The van der Waals surface area contributed by atoms with Crippen LogP contribution in [-0.4, -0.2) is 33.5 Å². The van der Waals surface area contributed by atoms with Crippen LogP contribution in [0.3, 0.4) is 0 Å². The highest BCUT2D eigenvalue weighted by Crippen LogP contribution is 2.10. The molecule has 1 N–H and O–H groups in total. The minimum absolute atomic E-state index is 0.0400. The number of carbonyl (C=O) groups excluding carboxylic acids is 1. The molecule has 0 aliphatic carbocycles. The van der Waals surface area contributed by atoms with Gasteiger partial charge in [-0.05, 0) is 18.4 Å². The van der Waals surface area contributed by atoms with Gasteiger partial charge in [-0.15, -0.1) is 5.10 Å². The summed E-state index contributed by atoms with van der Waals surface area (Å²) in [4.78, 5) is 12.4. The van der Waals surface area contributed by atoms with E-state index in [2.05, 4.69) is 27.8 Å². The average molecular weight is 314 g/mol. The van der Waals surface area contributed by atoms with Gasteiger partial charge in [-0.25, -0.2) is 0 Å². The van der Waals surface area contributed by atoms with E-state index in [4.69, 9.17) is 4.74 Å². The minimum atomic E-state index is -0.0691. The van der Waals surface area contributed by atoms with Crippen molar-refractivity contribution in [3.63, 3.8) is 0 Å². The SMILES string of the molecule is C[C@@H]1CCn2cc(nn2)COC[C@@H](Cc2ccccc2)NC1=O. The van der Waals surface area contributed by atoms with Crippen LogP contribution in [0.1, 0.15) is 24.6 Å². The van der Waals surface area contributed by atoms with Crippen molar-refractivity contribution in [2.45, 2.75) is 39.0 Å². The van der Waals surface area contributed by atoms with Crippen molar-refractivity contribution >= 4 is 5.91 Å². The van der Waals surface area contributed by atoms with Crippen LogP contribution < -0.4 is 5.32 Å². The van der Waals surface area contributed by atoms with Crippen LogP contribution in [0.25, 0.3) is 0 Å². The lowest BCUT2D eigenvalue weighted by molar-refractivity contribution is -0.126. The first-order valence-corrected chi connectivity index (χ1v) is 8.02. The summed E-state index contributed by atoms with van der Waals surface area (Å²) in [5, 5.41) is 11.3. The van der Waals surface area contributed by atoms with E-state index < -0.39 is 0 Å². The quantitative estimate of drug-likeness (QED) is 0.913. The Labute approximate surface area is 135 Å². The summed E-state index contributed by atoms with van der Waals surface area (Å²) in [5.41, 5.74) is 2.01. The van der Waals surface area contributed by atoms with Crippen molar-refractivity contribution in [1.82, 2.24) is 20.3 Å². The van der Waals surface area contributed by atoms with Gasteiger partial charge in [-0.3, -0.25) is 9.48 Å². The monoisotopic (exact) mass is 314 g/mol. The van der Waals surface area contributed by atoms with Gasteiger partial charge >= 0.3 is 0 Å². The van der Waals surface area contributed by atoms with Crippen LogP contribution >= 0.6 is 0 Å². The Balaban J connectivity index is 1.71. The van der Waals surface area contributed by atoms with E-state index in [0.29, 0.717) is 19.8 Å². The van der Waals surface area contributed by atoms with Crippen LogP contribution in [0.15, 0.2) is 36.5 Å². The summed E-state index contributed by atoms with van der Waals surface area (Å²) in [6.45, 7) is 3.50. The molecule has 3 rings (SSSR count). The van der Waals surface area contributed by atoms with E-state index in [-0.39, 0.29) is 17.9 Å². The van der Waals surface area contributed by atoms with Crippen molar-refractivity contribution in [3.05, 3.63) is 47.8 Å². The molecular formula is C17H22N4O2. The van der Waals surface area contributed by atoms with E-state index in [1.54, 1.807) is 4.68 Å². The summed E-state index contributed by atoms with van der Waals surface area (Å²) < 4.78 is 7.51. The second-order valence-electron chi connectivity index (χ2n) is 6.07. The molecule has 6 nitrogen and oxygen atoms in total. The highest BCUT2D eigenvalue weighted by Gasteiger charge is 2.19. The number of rotatable bonds is 2. The first-order valence-electron chi connectivity index (χ1n) is 8.02. The number of nitrogens with one attached hydrogen (secondary N) is 1. The number of aryl methyl sites for hydroxylation is 1. The van der Waals surface area contributed by atoms with Crippen LogP contribution in [0.2, 0.25) is 0 Å². The van der Waals surface area contributed by atoms with Crippen LogP contribution in [-0.2, 0) is 29.1 Å². The molecule has 0 saturated heterocycles. The van der Waals surface area contributed by atoms with Gasteiger partial charge in [0.2, 0.25) is 5.91 Å². The van der Waals surface area contributed by atoms with E-state index in [9.17, 15) is 4.79 Å². The summed E-state index contributed by atoms with van der Waals surface area (Å²) in [7, 11) is 0. The third-order valence-corrected chi connectivity index (χ3v) is 4.07. The lowest BCUT2D eigenvalue weighted by atomic mass is 10.0. The van der Waals surface area contributed by atoms with Gasteiger partial charge in [0.25, 0.3) is 0 Å². The maximum Gasteiger partial charge on any atom is 0.223 e. The second-order valence-corrected chi connectivity index (χ2v) is 6.07. The van der Waals surface area contributed by atoms with Crippen molar-refractivity contribution in [2.75, 3.05) is 6.61 Å². The molecule has 0 radical (unpaired) electrons. The van der Waals surface area contributed by atoms with Gasteiger partial charge in [-0.1, -0.05) is 42.5 Å². The Morgan fingerprint density at radius 3 is 3.00 bits per heavy atom. The maximum atomic E-state index is 12.4. The molecule has 23 heavy (non-hydrogen) atoms. The molecule has 0 fully saturated rings. The molecule has 2 bridgehead atoms. The number of ether oxygens (including phenoxy) is 1. The van der Waals surface area contributed by atoms with E-state index in [1.165, 1.54) is 5.56 Å². The summed E-state index contributed by atoms with van der Waals surface area (Å²) in [6, 6.07) is 10.1. The molecule has 122 valence electrons. The fourth-order valence-electron chi connectivity index (χ4n) is 2.67. The number of fused-ring (bicyclic) bond motifs is 2. The zero-order valence-corrected chi connectivity index (χ0v) is 13.3. The normalized spacial score (nSPS) is 22.7. The number of aromatic nitrogens is 3. The highest BCUT2D eigenvalue weighted by molar-refractivity contribution is 5.78. The molecular weight excluding hydrogens is 292 g/mol. The fourth-order valence-corrected chi connectivity index (χ4v) is 2.67. The van der Waals surface area contributed by atoms with E-state index in [0.717, 1.165) is 18.5 Å². The van der Waals surface area contributed by atoms with E-state index >= 15 is 0 Å². The van der Waals surface area contributed by atoms with Gasteiger partial charge < -0.3 is 10.1 Å². The van der Waals surface area contributed by atoms with Gasteiger partial charge in [0, 0.05) is 12.5 Å². The highest BCUT2D eigenvalue weighted by atomic mass is 16.5. The Morgan fingerprint density at radius 1 is 1.35 bits per heavy atom. The molecule has 0 spiro atoms. The lowest BCUT2D eigenvalue weighted by Gasteiger charge is -2.21. The Hall–Kier alpha value is -2.21. The molecule has 1 aromatic heterocycles. The van der Waals surface area contributed by atoms with Crippen molar-refractivity contribution in [2.24, 2.45) is 5.92 Å². The van der Waals surface area contributed by atoms with Gasteiger partial charge in [0.15, 0.2) is 0 Å². The minimum Gasteiger partial charge on any atom is -0.373 e. The molecule has 1 aromatic carbocycles. The van der Waals surface area contributed by atoms with Crippen molar-refractivity contribution < 1.29 is 9.53 Å². The molecule has 1 amide bonds. The van der Waals surface area contributed by atoms with Crippen molar-refractivity contribution in [1.29, 1.82) is 0 Å². The Bertz CT molecular complexity index is 641. The average Bonchev–Trinajstić information content (AvgIpc) is 3.00. The largest absolute Gasteiger partial charge is 0.373 e. The van der Waals surface area contributed by atoms with Crippen LogP contribution in [0.4, 0.5) is 0 Å². The fraction of sp³-hybridized carbons (Fsp3) is 0.471. The maximum absolute atomic E-state index is 12.4. The predicted molar refractivity (Wildman–Crippen MR) is 85.5 cm³/mol. The molecule has 0 unspecified atom stereocenters. The second kappa shape index (κ2) is 7.37. The van der Waals surface area contributed by atoms with Gasteiger partial charge in [-0.2, -0.15) is 0 Å². The Morgan fingerprint density at radius 2 is 2.17 bits per heavy atom. The molecule has 2 aromatic rings. The summed E-state index contributed by atoms with van der Waals surface area (Å²) >= 11 is 0. The number of benzene rings is 1. The molecule has 0 saturated carbocycles. The number of amides is 1. The number of hydrogen-bond acceptors (Lipinski definition) is 4. The first-order chi connectivity index (χ1) is 11.2. The van der Waals surface area contributed by atoms with Gasteiger partial charge in [0.1, 0.15) is 5.69 Å². The lowest BCUT2D eigenvalue weighted by Crippen LogP contribution is -2.42. The molecule has 6 heteroatoms. The first kappa shape index (κ1) is 15.7. The number of carbonyl (C=O) groups is 1. The summed E-state index contributed by atoms with van der Waals surface area (Å²) in [6.07, 6.45) is 3.39. The smallest absolute Gasteiger partial charge is 0.223 e. The topological polar surface area (TPSA) is 69.0 Å². The van der Waals surface area contributed by atoms with Gasteiger partial charge in [0.05, 0.1) is 25.5 Å². The van der Waals surface area contributed by atoms with Crippen LogP contribution in [0, 0.1) is 5.92 Å². The molecule has 1 aliphatic heterocycles. The zero-order chi connectivity index (χ0) is 16.1. The molecule has 2 atom stereocenters.